The van der Waals surface area contributed by atoms with Crippen molar-refractivity contribution >= 4 is 5.95 Å². The lowest BCUT2D eigenvalue weighted by molar-refractivity contribution is 0.0516. The molecule has 1 aromatic heterocycles. The van der Waals surface area contributed by atoms with E-state index in [-0.39, 0.29) is 5.92 Å². The van der Waals surface area contributed by atoms with Crippen molar-refractivity contribution in [1.29, 1.82) is 0 Å². The molecule has 2 rings (SSSR count). The number of anilines is 1. The maximum atomic E-state index is 5.51. The van der Waals surface area contributed by atoms with Gasteiger partial charge in [-0.3, -0.25) is 0 Å². The number of hydrogen-bond donors (Lipinski definition) is 1. The summed E-state index contributed by atoms with van der Waals surface area (Å²) in [5.74, 6) is 1.51. The molecule has 0 saturated carbocycles. The van der Waals surface area contributed by atoms with Gasteiger partial charge >= 0.3 is 0 Å². The molecule has 2 atom stereocenters. The summed E-state index contributed by atoms with van der Waals surface area (Å²) in [7, 11) is 1.96. The molecule has 6 heteroatoms. The van der Waals surface area contributed by atoms with Crippen LogP contribution in [-0.4, -0.2) is 49.5 Å². The summed E-state index contributed by atoms with van der Waals surface area (Å²) in [6.07, 6.45) is 0.976. The fraction of sp³-hybridized carbons (Fsp3) is 0.833. The molecule has 2 heterocycles. The Morgan fingerprint density at radius 1 is 1.39 bits per heavy atom. The maximum absolute atomic E-state index is 5.51. The van der Waals surface area contributed by atoms with Crippen LogP contribution in [0.15, 0.2) is 4.52 Å². The summed E-state index contributed by atoms with van der Waals surface area (Å²) in [6, 6.07) is 0.351. The normalized spacial score (nSPS) is 24.2. The molecule has 1 aliphatic rings. The Labute approximate surface area is 108 Å². The Balaban J connectivity index is 2.12. The number of ether oxygens (including phenoxy) is 1. The first-order valence-corrected chi connectivity index (χ1v) is 6.63. The Morgan fingerprint density at radius 2 is 2.17 bits per heavy atom. The van der Waals surface area contributed by atoms with Gasteiger partial charge in [-0.05, 0) is 32.5 Å². The topological polar surface area (TPSA) is 63.4 Å². The molecule has 1 aromatic rings. The molecule has 2 unspecified atom stereocenters. The number of nitrogens with one attached hydrogen (secondary N) is 1. The number of likely N-dealkylation sites (N-methyl/N-ethyl adjacent to an activating group) is 1. The summed E-state index contributed by atoms with van der Waals surface area (Å²) >= 11 is 0. The summed E-state index contributed by atoms with van der Waals surface area (Å²) < 4.78 is 10.9. The molecule has 1 aliphatic heterocycles. The second-order valence-corrected chi connectivity index (χ2v) is 4.47. The van der Waals surface area contributed by atoms with Crippen LogP contribution in [-0.2, 0) is 4.74 Å². The first kappa shape index (κ1) is 13.3. The van der Waals surface area contributed by atoms with Gasteiger partial charge in [0.25, 0.3) is 5.95 Å². The average molecular weight is 254 g/mol. The van der Waals surface area contributed by atoms with Gasteiger partial charge in [0.05, 0.1) is 12.5 Å². The van der Waals surface area contributed by atoms with Crippen LogP contribution in [0.3, 0.4) is 0 Å². The summed E-state index contributed by atoms with van der Waals surface area (Å²) in [5, 5.41) is 7.36. The third-order valence-corrected chi connectivity index (χ3v) is 3.52. The van der Waals surface area contributed by atoms with Crippen LogP contribution in [0.5, 0.6) is 0 Å². The molecule has 1 fully saturated rings. The molecule has 1 N–H and O–H groups in total. The van der Waals surface area contributed by atoms with Crippen molar-refractivity contribution in [2.45, 2.75) is 32.2 Å². The molecule has 0 bridgehead atoms. The molecule has 1 saturated heterocycles. The molecule has 6 nitrogen and oxygen atoms in total. The van der Waals surface area contributed by atoms with Gasteiger partial charge < -0.3 is 19.5 Å². The highest BCUT2D eigenvalue weighted by atomic mass is 16.5. The standard InChI is InChI=1S/C12H22N4O2/c1-4-16(5-2)12-14-11(18-15-12)9-8-17-7-6-10(9)13-3/h9-10,13H,4-8H2,1-3H3. The summed E-state index contributed by atoms with van der Waals surface area (Å²) in [4.78, 5) is 6.58. The minimum absolute atomic E-state index is 0.153. The van der Waals surface area contributed by atoms with E-state index in [1.807, 2.05) is 7.05 Å². The van der Waals surface area contributed by atoms with E-state index >= 15 is 0 Å². The highest BCUT2D eigenvalue weighted by molar-refractivity contribution is 5.27. The molecule has 0 aliphatic carbocycles. The zero-order valence-corrected chi connectivity index (χ0v) is 11.3. The van der Waals surface area contributed by atoms with Crippen molar-refractivity contribution in [2.24, 2.45) is 0 Å². The fourth-order valence-corrected chi connectivity index (χ4v) is 2.34. The second kappa shape index (κ2) is 6.15. The minimum Gasteiger partial charge on any atom is -0.381 e. The highest BCUT2D eigenvalue weighted by Gasteiger charge is 2.31. The van der Waals surface area contributed by atoms with Crippen LogP contribution < -0.4 is 10.2 Å². The van der Waals surface area contributed by atoms with E-state index in [0.29, 0.717) is 24.5 Å². The van der Waals surface area contributed by atoms with Crippen molar-refractivity contribution in [2.75, 3.05) is 38.3 Å². The van der Waals surface area contributed by atoms with Crippen LogP contribution in [0.25, 0.3) is 0 Å². The fourth-order valence-electron chi connectivity index (χ4n) is 2.34. The number of aromatic nitrogens is 2. The highest BCUT2D eigenvalue weighted by Crippen LogP contribution is 2.25. The molecule has 0 radical (unpaired) electrons. The van der Waals surface area contributed by atoms with Crippen molar-refractivity contribution < 1.29 is 9.26 Å². The van der Waals surface area contributed by atoms with Gasteiger partial charge in [0, 0.05) is 25.7 Å². The molecule has 0 spiro atoms. The molecule has 102 valence electrons. The average Bonchev–Trinajstić information content (AvgIpc) is 2.89. The SMILES string of the molecule is CCN(CC)c1noc(C2COCCC2NC)n1. The number of hydrogen-bond acceptors (Lipinski definition) is 6. The second-order valence-electron chi connectivity index (χ2n) is 4.47. The first-order valence-electron chi connectivity index (χ1n) is 6.63. The lowest BCUT2D eigenvalue weighted by atomic mass is 9.96. The predicted octanol–water partition coefficient (Wildman–Crippen LogP) is 1.01. The van der Waals surface area contributed by atoms with Crippen LogP contribution in [0.4, 0.5) is 5.95 Å². The Bertz CT molecular complexity index is 365. The largest absolute Gasteiger partial charge is 0.381 e. The van der Waals surface area contributed by atoms with E-state index < -0.39 is 0 Å². The van der Waals surface area contributed by atoms with E-state index in [9.17, 15) is 0 Å². The van der Waals surface area contributed by atoms with Crippen molar-refractivity contribution in [3.8, 4) is 0 Å². The third-order valence-electron chi connectivity index (χ3n) is 3.52. The van der Waals surface area contributed by atoms with Gasteiger partial charge in [0.15, 0.2) is 0 Å². The van der Waals surface area contributed by atoms with Gasteiger partial charge in [0.2, 0.25) is 5.89 Å². The van der Waals surface area contributed by atoms with Crippen molar-refractivity contribution in [1.82, 2.24) is 15.5 Å². The summed E-state index contributed by atoms with van der Waals surface area (Å²) in [6.45, 7) is 7.36. The third kappa shape index (κ3) is 2.64. The zero-order valence-electron chi connectivity index (χ0n) is 11.3. The molecular weight excluding hydrogens is 232 g/mol. The monoisotopic (exact) mass is 254 g/mol. The zero-order chi connectivity index (χ0) is 13.0. The van der Waals surface area contributed by atoms with Gasteiger partial charge in [-0.15, -0.1) is 0 Å². The predicted molar refractivity (Wildman–Crippen MR) is 68.9 cm³/mol. The van der Waals surface area contributed by atoms with Gasteiger partial charge in [-0.1, -0.05) is 0 Å². The van der Waals surface area contributed by atoms with E-state index in [0.717, 1.165) is 26.1 Å². The van der Waals surface area contributed by atoms with Crippen LogP contribution >= 0.6 is 0 Å². The van der Waals surface area contributed by atoms with Crippen LogP contribution in [0.1, 0.15) is 32.1 Å². The van der Waals surface area contributed by atoms with Gasteiger partial charge in [-0.25, -0.2) is 0 Å². The molecule has 0 amide bonds. The van der Waals surface area contributed by atoms with Crippen LogP contribution in [0.2, 0.25) is 0 Å². The Morgan fingerprint density at radius 3 is 2.83 bits per heavy atom. The minimum atomic E-state index is 0.153. The maximum Gasteiger partial charge on any atom is 0.266 e. The quantitative estimate of drug-likeness (QED) is 0.846. The first-order chi connectivity index (χ1) is 8.80. The number of rotatable bonds is 5. The van der Waals surface area contributed by atoms with Crippen LogP contribution in [0, 0.1) is 0 Å². The van der Waals surface area contributed by atoms with E-state index in [1.54, 1.807) is 0 Å². The number of nitrogens with zero attached hydrogens (tertiary/aromatic N) is 3. The molecule has 18 heavy (non-hydrogen) atoms. The van der Waals surface area contributed by atoms with Gasteiger partial charge in [-0.2, -0.15) is 4.98 Å². The van der Waals surface area contributed by atoms with Crippen molar-refractivity contribution in [3.63, 3.8) is 0 Å². The van der Waals surface area contributed by atoms with E-state index in [1.165, 1.54) is 0 Å². The Hall–Kier alpha value is -1.14. The van der Waals surface area contributed by atoms with Crippen molar-refractivity contribution in [3.05, 3.63) is 5.89 Å². The lowest BCUT2D eigenvalue weighted by Gasteiger charge is -2.28. The van der Waals surface area contributed by atoms with Gasteiger partial charge in [0.1, 0.15) is 0 Å². The van der Waals surface area contributed by atoms with E-state index in [4.69, 9.17) is 9.26 Å². The molecule has 0 aromatic carbocycles. The smallest absolute Gasteiger partial charge is 0.266 e. The Kier molecular flexibility index (Phi) is 4.54. The molecular formula is C12H22N4O2. The summed E-state index contributed by atoms with van der Waals surface area (Å²) in [5.41, 5.74) is 0. The van der Waals surface area contributed by atoms with E-state index in [2.05, 4.69) is 34.2 Å². The lowest BCUT2D eigenvalue weighted by Crippen LogP contribution is -2.39.